The van der Waals surface area contributed by atoms with E-state index in [0.29, 0.717) is 22.5 Å². The summed E-state index contributed by atoms with van der Waals surface area (Å²) in [5.74, 6) is -0.924. The van der Waals surface area contributed by atoms with E-state index >= 15 is 0 Å². The second kappa shape index (κ2) is 7.96. The zero-order valence-corrected chi connectivity index (χ0v) is 14.0. The van der Waals surface area contributed by atoms with Gasteiger partial charge in [-0.1, -0.05) is 12.1 Å². The summed E-state index contributed by atoms with van der Waals surface area (Å²) < 4.78 is 0. The summed E-state index contributed by atoms with van der Waals surface area (Å²) in [6.45, 7) is 3.70. The Morgan fingerprint density at radius 2 is 1.36 bits per heavy atom. The molecule has 0 bridgehead atoms. The maximum absolute atomic E-state index is 12.4. The molecule has 25 heavy (non-hydrogen) atoms. The molecule has 2 rings (SSSR count). The van der Waals surface area contributed by atoms with E-state index in [2.05, 4.69) is 16.0 Å². The van der Waals surface area contributed by atoms with Crippen LogP contribution in [0.1, 0.15) is 34.6 Å². The molecule has 5 N–H and O–H groups in total. The van der Waals surface area contributed by atoms with Crippen molar-refractivity contribution in [3.8, 4) is 0 Å². The minimum atomic E-state index is -0.558. The lowest BCUT2D eigenvalue weighted by Gasteiger charge is -2.14. The van der Waals surface area contributed by atoms with Crippen LogP contribution in [0.4, 0.5) is 16.2 Å². The van der Waals surface area contributed by atoms with E-state index in [-0.39, 0.29) is 18.0 Å². The van der Waals surface area contributed by atoms with Crippen LogP contribution in [-0.2, 0) is 0 Å². The van der Waals surface area contributed by atoms with Gasteiger partial charge in [0.2, 0.25) is 5.91 Å². The monoisotopic (exact) mass is 340 g/mol. The van der Waals surface area contributed by atoms with Crippen LogP contribution in [0, 0.1) is 0 Å². The molecule has 0 aromatic heterocycles. The van der Waals surface area contributed by atoms with E-state index < -0.39 is 5.91 Å². The molecule has 0 spiro atoms. The van der Waals surface area contributed by atoms with Crippen molar-refractivity contribution in [1.82, 2.24) is 5.32 Å². The molecule has 0 atom stereocenters. The first-order chi connectivity index (χ1) is 11.9. The highest BCUT2D eigenvalue weighted by Gasteiger charge is 2.12. The van der Waals surface area contributed by atoms with Crippen LogP contribution < -0.4 is 21.7 Å². The van der Waals surface area contributed by atoms with Gasteiger partial charge in [0, 0.05) is 17.2 Å². The van der Waals surface area contributed by atoms with E-state index in [1.54, 1.807) is 24.3 Å². The number of benzene rings is 2. The van der Waals surface area contributed by atoms with Gasteiger partial charge in [-0.15, -0.1) is 0 Å². The molecule has 2 aromatic rings. The standard InChI is InChI=1S/C18H20N4O3/c1-11(2)20-18(25)22-15-6-4-3-5-14(15)21-17(24)13-9-7-12(8-10-13)16(19)23/h3-11H,1-2H3,(H2,19,23)(H,21,24)(H2,20,22,25). The number of nitrogens with two attached hydrogens (primary N) is 1. The van der Waals surface area contributed by atoms with Gasteiger partial charge in [-0.05, 0) is 50.2 Å². The zero-order valence-electron chi connectivity index (χ0n) is 14.0. The number of anilines is 2. The number of carbonyl (C=O) groups is 3. The Hall–Kier alpha value is -3.35. The highest BCUT2D eigenvalue weighted by atomic mass is 16.2. The Morgan fingerprint density at radius 3 is 1.88 bits per heavy atom. The van der Waals surface area contributed by atoms with Crippen molar-refractivity contribution in [3.63, 3.8) is 0 Å². The van der Waals surface area contributed by atoms with Gasteiger partial charge in [-0.3, -0.25) is 9.59 Å². The number of para-hydroxylation sites is 2. The topological polar surface area (TPSA) is 113 Å². The minimum Gasteiger partial charge on any atom is -0.366 e. The van der Waals surface area contributed by atoms with Gasteiger partial charge in [0.1, 0.15) is 0 Å². The molecule has 0 heterocycles. The first kappa shape index (κ1) is 18.0. The number of primary amides is 1. The van der Waals surface area contributed by atoms with Crippen molar-refractivity contribution in [2.45, 2.75) is 19.9 Å². The summed E-state index contributed by atoms with van der Waals surface area (Å²) >= 11 is 0. The molecule has 0 aliphatic carbocycles. The molecule has 0 radical (unpaired) electrons. The number of hydrogen-bond acceptors (Lipinski definition) is 3. The van der Waals surface area contributed by atoms with Crippen LogP contribution in [0.2, 0.25) is 0 Å². The van der Waals surface area contributed by atoms with E-state index in [0.717, 1.165) is 0 Å². The van der Waals surface area contributed by atoms with E-state index in [1.165, 1.54) is 24.3 Å². The molecule has 0 aliphatic rings. The smallest absolute Gasteiger partial charge is 0.319 e. The van der Waals surface area contributed by atoms with Crippen LogP contribution in [0.15, 0.2) is 48.5 Å². The van der Waals surface area contributed by atoms with Gasteiger partial charge in [-0.2, -0.15) is 0 Å². The molecule has 7 nitrogen and oxygen atoms in total. The Balaban J connectivity index is 2.12. The Labute approximate surface area is 145 Å². The number of rotatable bonds is 5. The van der Waals surface area contributed by atoms with Crippen molar-refractivity contribution in [3.05, 3.63) is 59.7 Å². The number of hydrogen-bond donors (Lipinski definition) is 4. The summed E-state index contributed by atoms with van der Waals surface area (Å²) in [7, 11) is 0. The average Bonchev–Trinajstić information content (AvgIpc) is 2.56. The van der Waals surface area contributed by atoms with Crippen LogP contribution in [0.3, 0.4) is 0 Å². The van der Waals surface area contributed by atoms with Gasteiger partial charge in [-0.25, -0.2) is 4.79 Å². The lowest BCUT2D eigenvalue weighted by Crippen LogP contribution is -2.34. The quantitative estimate of drug-likeness (QED) is 0.671. The SMILES string of the molecule is CC(C)NC(=O)Nc1ccccc1NC(=O)c1ccc(C(N)=O)cc1. The zero-order chi connectivity index (χ0) is 18.4. The third kappa shape index (κ3) is 5.07. The Kier molecular flexibility index (Phi) is 5.73. The molecule has 0 saturated carbocycles. The molecule has 4 amide bonds. The summed E-state index contributed by atoms with van der Waals surface area (Å²) in [5, 5.41) is 8.15. The Morgan fingerprint density at radius 1 is 0.840 bits per heavy atom. The van der Waals surface area contributed by atoms with Crippen LogP contribution in [-0.4, -0.2) is 23.9 Å². The van der Waals surface area contributed by atoms with Crippen molar-refractivity contribution >= 4 is 29.2 Å². The third-order valence-electron chi connectivity index (χ3n) is 3.27. The van der Waals surface area contributed by atoms with E-state index in [1.807, 2.05) is 13.8 Å². The van der Waals surface area contributed by atoms with Gasteiger partial charge in [0.25, 0.3) is 5.91 Å². The molecule has 0 saturated heterocycles. The predicted molar refractivity (Wildman–Crippen MR) is 96.6 cm³/mol. The fraction of sp³-hybridized carbons (Fsp3) is 0.167. The normalized spacial score (nSPS) is 10.2. The second-order valence-corrected chi connectivity index (χ2v) is 5.69. The molecular weight excluding hydrogens is 320 g/mol. The first-order valence-corrected chi connectivity index (χ1v) is 7.74. The number of urea groups is 1. The summed E-state index contributed by atoms with van der Waals surface area (Å²) in [6.07, 6.45) is 0. The number of nitrogens with one attached hydrogen (secondary N) is 3. The largest absolute Gasteiger partial charge is 0.366 e. The molecule has 130 valence electrons. The maximum Gasteiger partial charge on any atom is 0.319 e. The molecule has 0 aliphatic heterocycles. The minimum absolute atomic E-state index is 0.00877. The first-order valence-electron chi connectivity index (χ1n) is 7.74. The molecule has 2 aromatic carbocycles. The van der Waals surface area contributed by atoms with Gasteiger partial charge >= 0.3 is 6.03 Å². The molecular formula is C18H20N4O3. The van der Waals surface area contributed by atoms with Gasteiger partial charge < -0.3 is 21.7 Å². The number of amides is 4. The summed E-state index contributed by atoms with van der Waals surface area (Å²) in [6, 6.07) is 12.5. The Bertz CT molecular complexity index is 785. The summed E-state index contributed by atoms with van der Waals surface area (Å²) in [5.41, 5.74) is 6.81. The highest BCUT2D eigenvalue weighted by Crippen LogP contribution is 2.21. The number of carbonyl (C=O) groups excluding carboxylic acids is 3. The van der Waals surface area contributed by atoms with Crippen LogP contribution >= 0.6 is 0 Å². The van der Waals surface area contributed by atoms with Crippen molar-refractivity contribution in [2.75, 3.05) is 10.6 Å². The third-order valence-corrected chi connectivity index (χ3v) is 3.27. The molecule has 0 fully saturated rings. The van der Waals surface area contributed by atoms with E-state index in [9.17, 15) is 14.4 Å². The molecule has 0 unspecified atom stereocenters. The summed E-state index contributed by atoms with van der Waals surface area (Å²) in [4.78, 5) is 35.3. The fourth-order valence-electron chi connectivity index (χ4n) is 2.10. The van der Waals surface area contributed by atoms with Crippen LogP contribution in [0.5, 0.6) is 0 Å². The molecule has 7 heteroatoms. The lowest BCUT2D eigenvalue weighted by molar-refractivity contribution is 0.0995. The maximum atomic E-state index is 12.4. The average molecular weight is 340 g/mol. The van der Waals surface area contributed by atoms with E-state index in [4.69, 9.17) is 5.73 Å². The predicted octanol–water partition coefficient (Wildman–Crippen LogP) is 2.57. The van der Waals surface area contributed by atoms with Crippen molar-refractivity contribution in [1.29, 1.82) is 0 Å². The second-order valence-electron chi connectivity index (χ2n) is 5.69. The van der Waals surface area contributed by atoms with Crippen molar-refractivity contribution < 1.29 is 14.4 Å². The lowest BCUT2D eigenvalue weighted by atomic mass is 10.1. The highest BCUT2D eigenvalue weighted by molar-refractivity contribution is 6.07. The van der Waals surface area contributed by atoms with Gasteiger partial charge in [0.15, 0.2) is 0 Å². The van der Waals surface area contributed by atoms with Gasteiger partial charge in [0.05, 0.1) is 11.4 Å². The fourth-order valence-corrected chi connectivity index (χ4v) is 2.10. The van der Waals surface area contributed by atoms with Crippen LogP contribution in [0.25, 0.3) is 0 Å². The van der Waals surface area contributed by atoms with Crippen molar-refractivity contribution in [2.24, 2.45) is 5.73 Å².